The summed E-state index contributed by atoms with van der Waals surface area (Å²) >= 11 is 0. The van der Waals surface area contributed by atoms with Crippen LogP contribution < -0.4 is 0 Å². The molecule has 1 rings (SSSR count). The Balaban J connectivity index is 2.52. The minimum atomic E-state index is 1.12. The average Bonchev–Trinajstić information content (AvgIpc) is 2.69. The summed E-state index contributed by atoms with van der Waals surface area (Å²) in [6.45, 7) is 9.46. The second-order valence-corrected chi connectivity index (χ2v) is 6.06. The molecule has 0 aromatic rings. The molecule has 0 radical (unpaired) electrons. The van der Waals surface area contributed by atoms with Gasteiger partial charge in [-0.2, -0.15) is 4.58 Å². The molecular weight excluding hydrogens is 232 g/mol. The van der Waals surface area contributed by atoms with Gasteiger partial charge in [-0.1, -0.05) is 39.5 Å². The van der Waals surface area contributed by atoms with Crippen molar-refractivity contribution >= 4 is 5.84 Å². The zero-order chi connectivity index (χ0) is 14.1. The van der Waals surface area contributed by atoms with Crippen LogP contribution in [0, 0.1) is 0 Å². The number of hydrogen-bond acceptors (Lipinski definition) is 0. The fourth-order valence-electron chi connectivity index (χ4n) is 2.98. The van der Waals surface area contributed by atoms with Crippen LogP contribution in [0.25, 0.3) is 0 Å². The second-order valence-electron chi connectivity index (χ2n) is 6.06. The van der Waals surface area contributed by atoms with E-state index in [0.717, 1.165) is 4.48 Å². The molecule has 1 heterocycles. The highest BCUT2D eigenvalue weighted by atomic mass is 15.4. The van der Waals surface area contributed by atoms with Crippen molar-refractivity contribution in [1.82, 2.24) is 0 Å². The van der Waals surface area contributed by atoms with Crippen molar-refractivity contribution in [3.8, 4) is 0 Å². The predicted octanol–water partition coefficient (Wildman–Crippen LogP) is 4.51. The van der Waals surface area contributed by atoms with Gasteiger partial charge < -0.3 is 0 Å². The standard InChI is InChI=1S/C17H34N2/c1-5-7-9-11-14-19(15-12-10-8-6-2)16-13-18(4)17(19)3/h13,16H,5-12,14-15H2,1-4H3/q+2. The molecule has 1 aliphatic rings. The smallest absolute Gasteiger partial charge is 0.209 e. The van der Waals surface area contributed by atoms with E-state index in [-0.39, 0.29) is 0 Å². The van der Waals surface area contributed by atoms with E-state index in [1.807, 2.05) is 0 Å². The van der Waals surface area contributed by atoms with Gasteiger partial charge in [0.2, 0.25) is 6.20 Å². The minimum absolute atomic E-state index is 1.12. The highest BCUT2D eigenvalue weighted by Gasteiger charge is 2.38. The molecule has 0 amide bonds. The highest BCUT2D eigenvalue weighted by molar-refractivity contribution is 5.69. The Bertz CT molecular complexity index is 303. The Morgan fingerprint density at radius 2 is 1.42 bits per heavy atom. The third-order valence-electron chi connectivity index (χ3n) is 4.55. The molecule has 0 atom stereocenters. The second kappa shape index (κ2) is 8.52. The van der Waals surface area contributed by atoms with Crippen LogP contribution in [0.15, 0.2) is 12.4 Å². The van der Waals surface area contributed by atoms with Crippen LogP contribution in [0.4, 0.5) is 0 Å². The van der Waals surface area contributed by atoms with Crippen molar-refractivity contribution in [3.63, 3.8) is 0 Å². The van der Waals surface area contributed by atoms with Crippen LogP contribution in [-0.4, -0.2) is 35.0 Å². The lowest BCUT2D eigenvalue weighted by Gasteiger charge is -2.28. The van der Waals surface area contributed by atoms with Gasteiger partial charge in [-0.15, -0.1) is 0 Å². The molecular formula is C17H34N2+2. The highest BCUT2D eigenvalue weighted by Crippen LogP contribution is 2.20. The van der Waals surface area contributed by atoms with Gasteiger partial charge in [0, 0.05) is 0 Å². The van der Waals surface area contributed by atoms with E-state index in [0.29, 0.717) is 0 Å². The summed E-state index contributed by atoms with van der Waals surface area (Å²) in [6.07, 6.45) is 15.6. The Labute approximate surface area is 120 Å². The number of unbranched alkanes of at least 4 members (excludes halogenated alkanes) is 6. The quantitative estimate of drug-likeness (QED) is 0.311. The van der Waals surface area contributed by atoms with Crippen molar-refractivity contribution in [3.05, 3.63) is 12.4 Å². The fraction of sp³-hybridized carbons (Fsp3) is 0.824. The zero-order valence-corrected chi connectivity index (χ0v) is 13.6. The van der Waals surface area contributed by atoms with E-state index in [2.05, 4.69) is 44.8 Å². The van der Waals surface area contributed by atoms with Crippen LogP contribution in [0.3, 0.4) is 0 Å². The van der Waals surface area contributed by atoms with Crippen LogP contribution >= 0.6 is 0 Å². The van der Waals surface area contributed by atoms with E-state index >= 15 is 0 Å². The Hall–Kier alpha value is -0.630. The fourth-order valence-corrected chi connectivity index (χ4v) is 2.98. The summed E-state index contributed by atoms with van der Waals surface area (Å²) in [6, 6.07) is 0. The molecule has 19 heavy (non-hydrogen) atoms. The van der Waals surface area contributed by atoms with E-state index in [4.69, 9.17) is 0 Å². The number of amidine groups is 1. The lowest BCUT2D eigenvalue weighted by molar-refractivity contribution is -0.799. The average molecular weight is 266 g/mol. The summed E-state index contributed by atoms with van der Waals surface area (Å²) in [4.78, 5) is 0. The molecule has 0 saturated heterocycles. The van der Waals surface area contributed by atoms with Gasteiger partial charge in [-0.05, 0) is 25.7 Å². The van der Waals surface area contributed by atoms with Gasteiger partial charge in [-0.25, -0.2) is 4.48 Å². The van der Waals surface area contributed by atoms with Crippen LogP contribution in [0.1, 0.15) is 72.1 Å². The molecule has 0 aromatic carbocycles. The molecule has 0 bridgehead atoms. The number of nitrogens with zero attached hydrogens (tertiary/aromatic N) is 2. The third-order valence-corrected chi connectivity index (χ3v) is 4.55. The summed E-state index contributed by atoms with van der Waals surface area (Å²) in [5, 5.41) is 0. The molecule has 2 heteroatoms. The van der Waals surface area contributed by atoms with Gasteiger partial charge in [-0.3, -0.25) is 0 Å². The maximum atomic E-state index is 2.42. The summed E-state index contributed by atoms with van der Waals surface area (Å²) < 4.78 is 3.42. The van der Waals surface area contributed by atoms with E-state index < -0.39 is 0 Å². The van der Waals surface area contributed by atoms with Gasteiger partial charge in [0.15, 0.2) is 6.20 Å². The van der Waals surface area contributed by atoms with Gasteiger partial charge in [0.1, 0.15) is 7.05 Å². The van der Waals surface area contributed by atoms with Crippen molar-refractivity contribution < 1.29 is 9.06 Å². The first-order valence-electron chi connectivity index (χ1n) is 8.29. The maximum absolute atomic E-state index is 2.42. The summed E-state index contributed by atoms with van der Waals surface area (Å²) in [5.74, 6) is 1.51. The Morgan fingerprint density at radius 3 is 1.79 bits per heavy atom. The van der Waals surface area contributed by atoms with Gasteiger partial charge in [0.05, 0.1) is 20.0 Å². The number of quaternary nitrogens is 1. The van der Waals surface area contributed by atoms with Gasteiger partial charge >= 0.3 is 5.84 Å². The van der Waals surface area contributed by atoms with Crippen LogP contribution in [-0.2, 0) is 0 Å². The largest absolute Gasteiger partial charge is 0.345 e. The molecule has 110 valence electrons. The number of rotatable bonds is 10. The molecule has 0 fully saturated rings. The summed E-state index contributed by atoms with van der Waals surface area (Å²) in [7, 11) is 2.18. The molecule has 0 unspecified atom stereocenters. The Morgan fingerprint density at radius 1 is 0.895 bits per heavy atom. The lowest BCUT2D eigenvalue weighted by atomic mass is 10.1. The first-order chi connectivity index (χ1) is 9.16. The maximum Gasteiger partial charge on any atom is 0.345 e. The predicted molar refractivity (Wildman–Crippen MR) is 84.3 cm³/mol. The van der Waals surface area contributed by atoms with Crippen molar-refractivity contribution in [1.29, 1.82) is 0 Å². The molecule has 0 N–H and O–H groups in total. The molecule has 0 saturated carbocycles. The van der Waals surface area contributed by atoms with E-state index in [1.165, 1.54) is 70.3 Å². The SMILES string of the molecule is CCCCCC[N+]1(CCCCCC)C=C[N+](C)=C1C. The molecule has 0 spiro atoms. The first-order valence-corrected chi connectivity index (χ1v) is 8.29. The zero-order valence-electron chi connectivity index (χ0n) is 13.6. The van der Waals surface area contributed by atoms with Crippen LogP contribution in [0.2, 0.25) is 0 Å². The minimum Gasteiger partial charge on any atom is -0.209 e. The molecule has 1 aliphatic heterocycles. The molecule has 2 nitrogen and oxygen atoms in total. The summed E-state index contributed by atoms with van der Waals surface area (Å²) in [5.41, 5.74) is 0. The third kappa shape index (κ3) is 4.76. The van der Waals surface area contributed by atoms with E-state index in [1.54, 1.807) is 0 Å². The lowest BCUT2D eigenvalue weighted by Crippen LogP contribution is -2.48. The number of hydrogen-bond donors (Lipinski definition) is 0. The van der Waals surface area contributed by atoms with Gasteiger partial charge in [0.25, 0.3) is 0 Å². The molecule has 0 aromatic heterocycles. The van der Waals surface area contributed by atoms with Crippen molar-refractivity contribution in [2.75, 3.05) is 20.1 Å². The van der Waals surface area contributed by atoms with Crippen molar-refractivity contribution in [2.24, 2.45) is 0 Å². The van der Waals surface area contributed by atoms with Crippen LogP contribution in [0.5, 0.6) is 0 Å². The van der Waals surface area contributed by atoms with E-state index in [9.17, 15) is 0 Å². The molecule has 0 aliphatic carbocycles. The first kappa shape index (κ1) is 16.4. The topological polar surface area (TPSA) is 3.01 Å². The van der Waals surface area contributed by atoms with Crippen molar-refractivity contribution in [2.45, 2.75) is 72.1 Å². The monoisotopic (exact) mass is 266 g/mol. The normalized spacial score (nSPS) is 17.5. The Kier molecular flexibility index (Phi) is 7.37.